The Balaban J connectivity index is 1.34. The zero-order valence-electron chi connectivity index (χ0n) is 21.7. The number of hydrogen-bond acceptors (Lipinski definition) is 5. The molecule has 1 amide bonds. The van der Waals surface area contributed by atoms with Gasteiger partial charge in [0, 0.05) is 65.7 Å². The lowest BCUT2D eigenvalue weighted by Gasteiger charge is -2.36. The predicted molar refractivity (Wildman–Crippen MR) is 153 cm³/mol. The average molecular weight is 568 g/mol. The van der Waals surface area contributed by atoms with Crippen LogP contribution in [0.5, 0.6) is 5.75 Å². The average Bonchev–Trinajstić information content (AvgIpc) is 3.29. The van der Waals surface area contributed by atoms with E-state index >= 15 is 4.39 Å². The molecule has 2 aromatic carbocycles. The fourth-order valence-electron chi connectivity index (χ4n) is 4.92. The van der Waals surface area contributed by atoms with E-state index in [2.05, 4.69) is 34.3 Å². The summed E-state index contributed by atoms with van der Waals surface area (Å²) in [6.07, 6.45) is 3.95. The molecule has 3 unspecified atom stereocenters. The van der Waals surface area contributed by atoms with Crippen molar-refractivity contribution in [3.8, 4) is 5.75 Å². The second kappa shape index (κ2) is 11.3. The molecule has 3 heterocycles. The number of carbonyl (C=O) groups excluding carboxylic acids is 1. The summed E-state index contributed by atoms with van der Waals surface area (Å²) in [6, 6.07) is 12.4. The Hall–Kier alpha value is -3.46. The molecule has 0 saturated carbocycles. The minimum absolute atomic E-state index is 0.0551. The zero-order chi connectivity index (χ0) is 27.7. The van der Waals surface area contributed by atoms with E-state index in [1.165, 1.54) is 18.5 Å². The standard InChI is InChI=1S/C29H28Cl2FN5O2/c1-16-14-37(15-17(2)34-16)29(38)20-6-4-19(5-7-20)25(32)11-27-22-10-21(8-9-26(22)35-36-27)39-18(3)28-23(30)12-33-13-24(28)31/h4-13,16-18,34H,14-15H2,1-3H3,(H,35,36)/b25-11-. The van der Waals surface area contributed by atoms with Crippen LogP contribution in [0.3, 0.4) is 0 Å². The van der Waals surface area contributed by atoms with Gasteiger partial charge in [-0.05, 0) is 51.1 Å². The van der Waals surface area contributed by atoms with Gasteiger partial charge in [0.15, 0.2) is 0 Å². The number of fused-ring (bicyclic) bond motifs is 1. The molecular weight excluding hydrogens is 540 g/mol. The van der Waals surface area contributed by atoms with Crippen molar-refractivity contribution in [1.29, 1.82) is 0 Å². The number of carbonyl (C=O) groups is 1. The van der Waals surface area contributed by atoms with Crippen LogP contribution in [0.25, 0.3) is 22.8 Å². The highest BCUT2D eigenvalue weighted by Crippen LogP contribution is 2.34. The van der Waals surface area contributed by atoms with E-state index in [0.717, 1.165) is 5.52 Å². The Morgan fingerprint density at radius 1 is 1.08 bits per heavy atom. The van der Waals surface area contributed by atoms with Gasteiger partial charge in [-0.2, -0.15) is 5.10 Å². The molecule has 2 N–H and O–H groups in total. The summed E-state index contributed by atoms with van der Waals surface area (Å²) in [6.45, 7) is 7.22. The summed E-state index contributed by atoms with van der Waals surface area (Å²) in [7, 11) is 0. The molecule has 1 aliphatic rings. The number of pyridine rings is 1. The number of ether oxygens (including phenoxy) is 1. The lowest BCUT2D eigenvalue weighted by molar-refractivity contribution is 0.0674. The first-order chi connectivity index (χ1) is 18.7. The number of piperazine rings is 1. The number of aromatic nitrogens is 3. The second-order valence-electron chi connectivity index (χ2n) is 9.84. The van der Waals surface area contributed by atoms with E-state index in [-0.39, 0.29) is 18.0 Å². The number of rotatable bonds is 6. The summed E-state index contributed by atoms with van der Waals surface area (Å²) in [5.74, 6) is 0.0252. The molecule has 39 heavy (non-hydrogen) atoms. The van der Waals surface area contributed by atoms with E-state index in [4.69, 9.17) is 27.9 Å². The quantitative estimate of drug-likeness (QED) is 0.271. The minimum Gasteiger partial charge on any atom is -0.486 e. The number of amides is 1. The first-order valence-electron chi connectivity index (χ1n) is 12.7. The van der Waals surface area contributed by atoms with Crippen molar-refractivity contribution in [1.82, 2.24) is 25.4 Å². The van der Waals surface area contributed by atoms with Gasteiger partial charge < -0.3 is 15.0 Å². The monoisotopic (exact) mass is 567 g/mol. The molecule has 4 aromatic rings. The van der Waals surface area contributed by atoms with E-state index in [0.29, 0.717) is 56.7 Å². The highest BCUT2D eigenvalue weighted by Gasteiger charge is 2.25. The molecule has 1 fully saturated rings. The van der Waals surface area contributed by atoms with E-state index < -0.39 is 11.9 Å². The number of H-pyrrole nitrogens is 1. The first kappa shape index (κ1) is 27.1. The maximum atomic E-state index is 15.3. The number of hydrogen-bond donors (Lipinski definition) is 2. The maximum absolute atomic E-state index is 15.3. The Morgan fingerprint density at radius 3 is 2.38 bits per heavy atom. The number of halogens is 3. The normalized spacial score (nSPS) is 18.8. The summed E-state index contributed by atoms with van der Waals surface area (Å²) in [4.78, 5) is 18.8. The highest BCUT2D eigenvalue weighted by molar-refractivity contribution is 6.35. The van der Waals surface area contributed by atoms with Crippen molar-refractivity contribution in [2.75, 3.05) is 13.1 Å². The fraction of sp³-hybridized carbons (Fsp3) is 0.276. The van der Waals surface area contributed by atoms with Crippen molar-refractivity contribution in [2.24, 2.45) is 0 Å². The van der Waals surface area contributed by atoms with Crippen LogP contribution in [-0.4, -0.2) is 51.2 Å². The smallest absolute Gasteiger partial charge is 0.253 e. The second-order valence-corrected chi connectivity index (χ2v) is 10.7. The van der Waals surface area contributed by atoms with E-state index in [9.17, 15) is 4.79 Å². The number of nitrogens with one attached hydrogen (secondary N) is 2. The Morgan fingerprint density at radius 2 is 1.72 bits per heavy atom. The zero-order valence-corrected chi connectivity index (χ0v) is 23.2. The topological polar surface area (TPSA) is 83.1 Å². The lowest BCUT2D eigenvalue weighted by atomic mass is 10.1. The molecule has 202 valence electrons. The third-order valence-electron chi connectivity index (χ3n) is 6.69. The van der Waals surface area contributed by atoms with Gasteiger partial charge in [-0.1, -0.05) is 35.3 Å². The summed E-state index contributed by atoms with van der Waals surface area (Å²) in [5.41, 5.74) is 2.67. The molecule has 5 rings (SSSR count). The Bertz CT molecular complexity index is 1510. The van der Waals surface area contributed by atoms with Crippen molar-refractivity contribution in [3.05, 3.63) is 87.3 Å². The lowest BCUT2D eigenvalue weighted by Crippen LogP contribution is -2.55. The third kappa shape index (κ3) is 5.93. The van der Waals surface area contributed by atoms with Gasteiger partial charge in [-0.15, -0.1) is 0 Å². The largest absolute Gasteiger partial charge is 0.486 e. The van der Waals surface area contributed by atoms with Gasteiger partial charge in [0.05, 0.1) is 21.3 Å². The summed E-state index contributed by atoms with van der Waals surface area (Å²) >= 11 is 12.5. The van der Waals surface area contributed by atoms with Gasteiger partial charge in [0.25, 0.3) is 5.91 Å². The molecule has 10 heteroatoms. The molecular formula is C29H28Cl2FN5O2. The van der Waals surface area contributed by atoms with Crippen LogP contribution >= 0.6 is 23.2 Å². The molecule has 0 aliphatic carbocycles. The van der Waals surface area contributed by atoms with Gasteiger partial charge in [-0.25, -0.2) is 4.39 Å². The molecule has 2 aromatic heterocycles. The fourth-order valence-corrected chi connectivity index (χ4v) is 5.59. The molecule has 1 saturated heterocycles. The highest BCUT2D eigenvalue weighted by atomic mass is 35.5. The van der Waals surface area contributed by atoms with Gasteiger partial charge >= 0.3 is 0 Å². The Labute approximate surface area is 236 Å². The number of benzene rings is 2. The summed E-state index contributed by atoms with van der Waals surface area (Å²) < 4.78 is 21.4. The molecule has 0 radical (unpaired) electrons. The molecule has 7 nitrogen and oxygen atoms in total. The van der Waals surface area contributed by atoms with Crippen LogP contribution in [0, 0.1) is 0 Å². The minimum atomic E-state index is -0.471. The van der Waals surface area contributed by atoms with Crippen molar-refractivity contribution in [3.63, 3.8) is 0 Å². The molecule has 1 aliphatic heterocycles. The van der Waals surface area contributed by atoms with Crippen LogP contribution in [0.1, 0.15) is 54.1 Å². The van der Waals surface area contributed by atoms with Gasteiger partial charge in [-0.3, -0.25) is 14.9 Å². The third-order valence-corrected chi connectivity index (χ3v) is 7.29. The first-order valence-corrected chi connectivity index (χ1v) is 13.4. The molecule has 3 atom stereocenters. The number of aromatic amines is 1. The van der Waals surface area contributed by atoms with Crippen molar-refractivity contribution >= 4 is 51.9 Å². The number of nitrogens with zero attached hydrogens (tertiary/aromatic N) is 3. The van der Waals surface area contributed by atoms with Gasteiger partial charge in [0.2, 0.25) is 0 Å². The van der Waals surface area contributed by atoms with Crippen LogP contribution in [0.4, 0.5) is 4.39 Å². The maximum Gasteiger partial charge on any atom is 0.253 e. The molecule has 0 bridgehead atoms. The van der Waals surface area contributed by atoms with Crippen LogP contribution < -0.4 is 10.1 Å². The van der Waals surface area contributed by atoms with Crippen LogP contribution in [-0.2, 0) is 0 Å². The van der Waals surface area contributed by atoms with E-state index in [1.807, 2.05) is 17.9 Å². The van der Waals surface area contributed by atoms with Crippen molar-refractivity contribution in [2.45, 2.75) is 39.0 Å². The SMILES string of the molecule is CC1CN(C(=O)c2ccc(/C(F)=C/c3n[nH]c4ccc(OC(C)c5c(Cl)cncc5Cl)cc34)cc2)CC(C)N1. The summed E-state index contributed by atoms with van der Waals surface area (Å²) in [5, 5.41) is 12.1. The predicted octanol–water partition coefficient (Wildman–Crippen LogP) is 6.69. The molecule has 0 spiro atoms. The van der Waals surface area contributed by atoms with Crippen LogP contribution in [0.2, 0.25) is 10.0 Å². The van der Waals surface area contributed by atoms with Crippen molar-refractivity contribution < 1.29 is 13.9 Å². The van der Waals surface area contributed by atoms with Gasteiger partial charge in [0.1, 0.15) is 17.7 Å². The van der Waals surface area contributed by atoms with Crippen LogP contribution in [0.15, 0.2) is 54.9 Å². The van der Waals surface area contributed by atoms with E-state index in [1.54, 1.807) is 36.4 Å². The Kier molecular flexibility index (Phi) is 7.88.